The van der Waals surface area contributed by atoms with Crippen LogP contribution in [0.15, 0.2) is 29.2 Å². The molecule has 0 atom stereocenters. The van der Waals surface area contributed by atoms with Crippen LogP contribution in [0.25, 0.3) is 10.8 Å². The summed E-state index contributed by atoms with van der Waals surface area (Å²) in [6.07, 6.45) is 1.36. The van der Waals surface area contributed by atoms with Gasteiger partial charge in [0.25, 0.3) is 5.56 Å². The summed E-state index contributed by atoms with van der Waals surface area (Å²) in [5.74, 6) is -0.460. The Morgan fingerprint density at radius 3 is 2.88 bits per heavy atom. The van der Waals surface area contributed by atoms with Crippen LogP contribution in [0.3, 0.4) is 0 Å². The molecule has 88 valence electrons. The number of nitrogens with two attached hydrogens (primary N) is 1. The minimum absolute atomic E-state index is 0.277. The number of hydrogen-bond acceptors (Lipinski definition) is 4. The summed E-state index contributed by atoms with van der Waals surface area (Å²) in [5.41, 5.74) is 6.14. The van der Waals surface area contributed by atoms with Gasteiger partial charge < -0.3 is 15.5 Å². The number of nitrogen functional groups attached to an aromatic ring is 1. The Hall–Kier alpha value is -2.30. The monoisotopic (exact) mass is 232 g/mol. The molecule has 0 fully saturated rings. The van der Waals surface area contributed by atoms with E-state index in [0.29, 0.717) is 22.0 Å². The minimum Gasteiger partial charge on any atom is -0.462 e. The molecule has 0 aliphatic heterocycles. The number of nitrogens with one attached hydrogen (secondary N) is 1. The van der Waals surface area contributed by atoms with Gasteiger partial charge in [0.05, 0.1) is 12.2 Å². The highest BCUT2D eigenvalue weighted by Gasteiger charge is 2.12. The van der Waals surface area contributed by atoms with Crippen molar-refractivity contribution in [2.75, 3.05) is 12.3 Å². The Bertz CT molecular complexity index is 631. The van der Waals surface area contributed by atoms with Crippen LogP contribution in [0, 0.1) is 0 Å². The third-order valence-electron chi connectivity index (χ3n) is 2.42. The molecule has 2 rings (SSSR count). The first kappa shape index (κ1) is 11.2. The second-order valence-electron chi connectivity index (χ2n) is 3.56. The molecule has 0 bridgehead atoms. The molecule has 0 radical (unpaired) electrons. The summed E-state index contributed by atoms with van der Waals surface area (Å²) in [7, 11) is 0. The second-order valence-corrected chi connectivity index (χ2v) is 3.56. The SMILES string of the molecule is CCOC(=O)c1c[nH]c(=O)c2cc(N)ccc12. The van der Waals surface area contributed by atoms with Crippen molar-refractivity contribution >= 4 is 22.4 Å². The van der Waals surface area contributed by atoms with Gasteiger partial charge in [-0.1, -0.05) is 6.07 Å². The van der Waals surface area contributed by atoms with Crippen LogP contribution in [0.5, 0.6) is 0 Å². The van der Waals surface area contributed by atoms with Crippen LogP contribution in [-0.4, -0.2) is 17.6 Å². The van der Waals surface area contributed by atoms with E-state index >= 15 is 0 Å². The molecule has 3 N–H and O–H groups in total. The number of anilines is 1. The lowest BCUT2D eigenvalue weighted by atomic mass is 10.1. The number of benzene rings is 1. The predicted molar refractivity (Wildman–Crippen MR) is 64.9 cm³/mol. The van der Waals surface area contributed by atoms with Gasteiger partial charge in [-0.05, 0) is 19.1 Å². The zero-order valence-corrected chi connectivity index (χ0v) is 9.32. The predicted octanol–water partition coefficient (Wildman–Crippen LogP) is 1.29. The fourth-order valence-electron chi connectivity index (χ4n) is 1.66. The Morgan fingerprint density at radius 2 is 2.18 bits per heavy atom. The van der Waals surface area contributed by atoms with Gasteiger partial charge in [-0.25, -0.2) is 4.79 Å². The van der Waals surface area contributed by atoms with Gasteiger partial charge in [0.15, 0.2) is 0 Å². The van der Waals surface area contributed by atoms with Crippen LogP contribution in [0.1, 0.15) is 17.3 Å². The van der Waals surface area contributed by atoms with Gasteiger partial charge >= 0.3 is 5.97 Å². The number of carbonyl (C=O) groups is 1. The average molecular weight is 232 g/mol. The lowest BCUT2D eigenvalue weighted by Gasteiger charge is -2.05. The van der Waals surface area contributed by atoms with Gasteiger partial charge in [0.2, 0.25) is 0 Å². The molecule has 1 heterocycles. The summed E-state index contributed by atoms with van der Waals surface area (Å²) in [5, 5.41) is 0.928. The topological polar surface area (TPSA) is 85.2 Å². The van der Waals surface area contributed by atoms with Crippen molar-refractivity contribution in [1.82, 2.24) is 4.98 Å². The highest BCUT2D eigenvalue weighted by Crippen LogP contribution is 2.18. The van der Waals surface area contributed by atoms with Crippen LogP contribution in [-0.2, 0) is 4.74 Å². The van der Waals surface area contributed by atoms with Crippen LogP contribution >= 0.6 is 0 Å². The molecule has 0 aliphatic rings. The first-order valence-corrected chi connectivity index (χ1v) is 5.21. The van der Waals surface area contributed by atoms with Crippen LogP contribution < -0.4 is 11.3 Å². The largest absolute Gasteiger partial charge is 0.462 e. The van der Waals surface area contributed by atoms with Crippen molar-refractivity contribution < 1.29 is 9.53 Å². The summed E-state index contributed by atoms with van der Waals surface area (Å²) < 4.78 is 4.91. The molecule has 0 saturated carbocycles. The van der Waals surface area contributed by atoms with Crippen LogP contribution in [0.4, 0.5) is 5.69 Å². The van der Waals surface area contributed by atoms with Crippen molar-refractivity contribution in [1.29, 1.82) is 0 Å². The standard InChI is InChI=1S/C12H12N2O3/c1-2-17-12(16)10-6-14-11(15)9-5-7(13)3-4-8(9)10/h3-6H,2,13H2,1H3,(H,14,15). The summed E-state index contributed by atoms with van der Waals surface area (Å²) in [4.78, 5) is 25.8. The van der Waals surface area contributed by atoms with Crippen molar-refractivity contribution in [3.8, 4) is 0 Å². The first-order chi connectivity index (χ1) is 8.13. The first-order valence-electron chi connectivity index (χ1n) is 5.21. The normalized spacial score (nSPS) is 10.4. The molecule has 5 nitrogen and oxygen atoms in total. The number of ether oxygens (including phenoxy) is 1. The fourth-order valence-corrected chi connectivity index (χ4v) is 1.66. The van der Waals surface area contributed by atoms with E-state index < -0.39 is 5.97 Å². The maximum absolute atomic E-state index is 11.7. The lowest BCUT2D eigenvalue weighted by molar-refractivity contribution is 0.0528. The summed E-state index contributed by atoms with van der Waals surface area (Å²) in [6, 6.07) is 4.83. The summed E-state index contributed by atoms with van der Waals surface area (Å²) in [6.45, 7) is 2.01. The quantitative estimate of drug-likeness (QED) is 0.603. The van der Waals surface area contributed by atoms with Crippen molar-refractivity contribution in [2.45, 2.75) is 6.92 Å². The van der Waals surface area contributed by atoms with E-state index in [1.54, 1.807) is 19.1 Å². The zero-order valence-electron chi connectivity index (χ0n) is 9.32. The van der Waals surface area contributed by atoms with E-state index in [4.69, 9.17) is 10.5 Å². The molecule has 5 heteroatoms. The van der Waals surface area contributed by atoms with Gasteiger partial charge in [0, 0.05) is 22.7 Å². The molecule has 2 aromatic rings. The molecular weight excluding hydrogens is 220 g/mol. The lowest BCUT2D eigenvalue weighted by Crippen LogP contribution is -2.12. The number of aromatic amines is 1. The summed E-state index contributed by atoms with van der Waals surface area (Å²) >= 11 is 0. The maximum Gasteiger partial charge on any atom is 0.340 e. The molecule has 0 aliphatic carbocycles. The average Bonchev–Trinajstić information content (AvgIpc) is 2.30. The highest BCUT2D eigenvalue weighted by atomic mass is 16.5. The fraction of sp³-hybridized carbons (Fsp3) is 0.167. The number of H-pyrrole nitrogens is 1. The van der Waals surface area contributed by atoms with E-state index in [2.05, 4.69) is 4.98 Å². The Morgan fingerprint density at radius 1 is 1.41 bits per heavy atom. The van der Waals surface area contributed by atoms with Crippen molar-refractivity contribution in [2.24, 2.45) is 0 Å². The van der Waals surface area contributed by atoms with E-state index in [1.165, 1.54) is 12.3 Å². The van der Waals surface area contributed by atoms with E-state index in [-0.39, 0.29) is 12.2 Å². The van der Waals surface area contributed by atoms with Gasteiger partial charge in [-0.2, -0.15) is 0 Å². The highest BCUT2D eigenvalue weighted by molar-refractivity contribution is 6.04. The van der Waals surface area contributed by atoms with E-state index in [0.717, 1.165) is 0 Å². The Balaban J connectivity index is 2.70. The number of rotatable bonds is 2. The van der Waals surface area contributed by atoms with Crippen LogP contribution in [0.2, 0.25) is 0 Å². The number of hydrogen-bond donors (Lipinski definition) is 2. The van der Waals surface area contributed by atoms with E-state index in [1.807, 2.05) is 0 Å². The Labute approximate surface area is 97.2 Å². The number of carbonyl (C=O) groups excluding carboxylic acids is 1. The maximum atomic E-state index is 11.7. The minimum atomic E-state index is -0.460. The molecule has 0 saturated heterocycles. The number of fused-ring (bicyclic) bond motifs is 1. The van der Waals surface area contributed by atoms with Gasteiger partial charge in [-0.3, -0.25) is 4.79 Å². The second kappa shape index (κ2) is 4.29. The smallest absolute Gasteiger partial charge is 0.340 e. The third kappa shape index (κ3) is 1.99. The molecule has 1 aromatic heterocycles. The number of aromatic nitrogens is 1. The van der Waals surface area contributed by atoms with Gasteiger partial charge in [-0.15, -0.1) is 0 Å². The number of esters is 1. The number of pyridine rings is 1. The molecule has 0 amide bonds. The van der Waals surface area contributed by atoms with Gasteiger partial charge in [0.1, 0.15) is 0 Å². The molecular formula is C12H12N2O3. The van der Waals surface area contributed by atoms with Crippen molar-refractivity contribution in [3.05, 3.63) is 40.3 Å². The third-order valence-corrected chi connectivity index (χ3v) is 2.42. The Kier molecular flexibility index (Phi) is 2.82. The van der Waals surface area contributed by atoms with Crippen molar-refractivity contribution in [3.63, 3.8) is 0 Å². The molecule has 0 unspecified atom stereocenters. The van der Waals surface area contributed by atoms with E-state index in [9.17, 15) is 9.59 Å². The molecule has 1 aromatic carbocycles. The molecule has 0 spiro atoms. The zero-order chi connectivity index (χ0) is 12.4. The molecule has 17 heavy (non-hydrogen) atoms.